The van der Waals surface area contributed by atoms with Gasteiger partial charge in [-0.15, -0.1) is 11.8 Å². The van der Waals surface area contributed by atoms with Crippen molar-refractivity contribution >= 4 is 29.1 Å². The summed E-state index contributed by atoms with van der Waals surface area (Å²) in [6.45, 7) is 0.510. The molecule has 1 heterocycles. The number of carbonyl (C=O) groups is 1. The van der Waals surface area contributed by atoms with E-state index < -0.39 is 10.9 Å². The van der Waals surface area contributed by atoms with Gasteiger partial charge in [-0.1, -0.05) is 12.2 Å². The molecule has 0 radical (unpaired) electrons. The molecule has 0 saturated heterocycles. The van der Waals surface area contributed by atoms with Gasteiger partial charge in [0.05, 0.1) is 24.7 Å². The minimum atomic E-state index is -0.655. The van der Waals surface area contributed by atoms with Crippen LogP contribution in [0.5, 0.6) is 5.75 Å². The zero-order valence-electron chi connectivity index (χ0n) is 13.4. The van der Waals surface area contributed by atoms with Gasteiger partial charge in [0.1, 0.15) is 5.75 Å². The van der Waals surface area contributed by atoms with Gasteiger partial charge >= 0.3 is 5.97 Å². The van der Waals surface area contributed by atoms with Gasteiger partial charge in [0, 0.05) is 18.4 Å². The molecule has 0 spiro atoms. The van der Waals surface area contributed by atoms with Crippen LogP contribution in [0.15, 0.2) is 35.3 Å². The fourth-order valence-corrected chi connectivity index (χ4v) is 2.94. The number of thioether (sulfide) groups is 1. The quantitative estimate of drug-likeness (QED) is 0.458. The lowest BCUT2D eigenvalue weighted by molar-refractivity contribution is -0.384. The number of nitro benzene ring substituents is 1. The van der Waals surface area contributed by atoms with Gasteiger partial charge in [-0.3, -0.25) is 10.1 Å². The topological polar surface area (TPSA) is 90.7 Å². The van der Waals surface area contributed by atoms with Gasteiger partial charge < -0.3 is 14.8 Å². The molecule has 8 heteroatoms. The van der Waals surface area contributed by atoms with Gasteiger partial charge in [0.2, 0.25) is 0 Å². The van der Waals surface area contributed by atoms with E-state index in [-0.39, 0.29) is 22.7 Å². The molecule has 0 fully saturated rings. The second-order valence-electron chi connectivity index (χ2n) is 4.91. The van der Waals surface area contributed by atoms with Crippen molar-refractivity contribution < 1.29 is 19.2 Å². The Morgan fingerprint density at radius 1 is 1.42 bits per heavy atom. The van der Waals surface area contributed by atoms with Crippen LogP contribution in [0.4, 0.5) is 11.4 Å². The molecule has 0 amide bonds. The number of rotatable bonds is 7. The van der Waals surface area contributed by atoms with E-state index in [9.17, 15) is 14.9 Å². The van der Waals surface area contributed by atoms with Crippen LogP contribution in [0.1, 0.15) is 16.8 Å². The number of benzene rings is 1. The van der Waals surface area contributed by atoms with Crippen molar-refractivity contribution in [1.82, 2.24) is 0 Å². The molecule has 1 aromatic rings. The second kappa shape index (κ2) is 8.39. The van der Waals surface area contributed by atoms with Crippen LogP contribution in [0.3, 0.4) is 0 Å². The Balaban J connectivity index is 2.23. The molecule has 1 aliphatic rings. The predicted molar refractivity (Wildman–Crippen MR) is 93.8 cm³/mol. The third-order valence-corrected chi connectivity index (χ3v) is 4.14. The molecule has 1 aromatic carbocycles. The predicted octanol–water partition coefficient (Wildman–Crippen LogP) is 3.38. The van der Waals surface area contributed by atoms with Crippen LogP contribution in [0, 0.1) is 10.1 Å². The number of carbonyl (C=O) groups excluding carboxylic acids is 1. The van der Waals surface area contributed by atoms with E-state index >= 15 is 0 Å². The number of nitrogens with one attached hydrogen (secondary N) is 1. The lowest BCUT2D eigenvalue weighted by Crippen LogP contribution is -2.09. The number of methoxy groups -OCH3 is 2. The summed E-state index contributed by atoms with van der Waals surface area (Å²) in [5, 5.41) is 16.4. The third-order valence-electron chi connectivity index (χ3n) is 3.45. The zero-order valence-corrected chi connectivity index (χ0v) is 14.2. The Morgan fingerprint density at radius 2 is 2.21 bits per heavy atom. The average Bonchev–Trinajstić information content (AvgIpc) is 2.61. The number of allylic oxidation sites excluding steroid dienone is 1. The largest absolute Gasteiger partial charge is 0.494 e. The van der Waals surface area contributed by atoms with E-state index in [1.54, 1.807) is 11.8 Å². The summed E-state index contributed by atoms with van der Waals surface area (Å²) in [5.41, 5.74) is 1.28. The van der Waals surface area contributed by atoms with Crippen molar-refractivity contribution in [2.75, 3.05) is 31.8 Å². The summed E-state index contributed by atoms with van der Waals surface area (Å²) in [7, 11) is 2.62. The van der Waals surface area contributed by atoms with Crippen molar-refractivity contribution in [3.8, 4) is 5.75 Å². The summed E-state index contributed by atoms with van der Waals surface area (Å²) in [5.74, 6) is 0.509. The molecular weight excluding hydrogens is 332 g/mol. The van der Waals surface area contributed by atoms with Crippen LogP contribution >= 0.6 is 11.8 Å². The Hall–Kier alpha value is -2.48. The molecule has 0 bridgehead atoms. The van der Waals surface area contributed by atoms with Crippen LogP contribution in [0.25, 0.3) is 0 Å². The van der Waals surface area contributed by atoms with E-state index in [0.29, 0.717) is 6.54 Å². The molecule has 1 aliphatic heterocycles. The first-order valence-electron chi connectivity index (χ1n) is 7.22. The van der Waals surface area contributed by atoms with Crippen molar-refractivity contribution in [2.45, 2.75) is 6.42 Å². The Labute approximate surface area is 143 Å². The lowest BCUT2D eigenvalue weighted by atomic mass is 10.1. The van der Waals surface area contributed by atoms with Crippen LogP contribution < -0.4 is 10.1 Å². The number of hydrogen-bond donors (Lipinski definition) is 1. The minimum Gasteiger partial charge on any atom is -0.494 e. The summed E-state index contributed by atoms with van der Waals surface area (Å²) >= 11 is 1.72. The fraction of sp³-hybridized carbons (Fsp3) is 0.312. The van der Waals surface area contributed by atoms with E-state index in [1.165, 1.54) is 31.9 Å². The zero-order chi connectivity index (χ0) is 17.5. The standard InChI is InChI=1S/C16H18N2O5S/c1-22-14-10-12(16(19)23-2)9-13(18(20)21)15(14)17-6-3-11-4-7-24-8-5-11/h4-5,7,9-10,17H,3,6,8H2,1-2H3. The molecule has 1 N–H and O–H groups in total. The lowest BCUT2D eigenvalue weighted by Gasteiger charge is -2.13. The maximum Gasteiger partial charge on any atom is 0.338 e. The van der Waals surface area contributed by atoms with Gasteiger partial charge in [-0.05, 0) is 23.5 Å². The average molecular weight is 350 g/mol. The monoisotopic (exact) mass is 350 g/mol. The molecule has 0 atom stereocenters. The summed E-state index contributed by atoms with van der Waals surface area (Å²) in [6, 6.07) is 2.62. The second-order valence-corrected chi connectivity index (χ2v) is 5.85. The Kier molecular flexibility index (Phi) is 6.25. The number of anilines is 1. The molecule has 128 valence electrons. The van der Waals surface area contributed by atoms with E-state index in [4.69, 9.17) is 4.74 Å². The number of nitrogens with zero attached hydrogens (tertiary/aromatic N) is 1. The molecule has 2 rings (SSSR count). The first kappa shape index (κ1) is 17.9. The Morgan fingerprint density at radius 3 is 2.79 bits per heavy atom. The highest BCUT2D eigenvalue weighted by Gasteiger charge is 2.23. The number of hydrogen-bond acceptors (Lipinski definition) is 7. The van der Waals surface area contributed by atoms with Gasteiger partial charge in [0.25, 0.3) is 5.69 Å². The highest BCUT2D eigenvalue weighted by molar-refractivity contribution is 8.02. The number of esters is 1. The van der Waals surface area contributed by atoms with E-state index in [0.717, 1.165) is 12.2 Å². The van der Waals surface area contributed by atoms with Crippen LogP contribution in [-0.2, 0) is 4.74 Å². The van der Waals surface area contributed by atoms with Crippen molar-refractivity contribution in [3.63, 3.8) is 0 Å². The normalized spacial score (nSPS) is 13.2. The van der Waals surface area contributed by atoms with Gasteiger partial charge in [0.15, 0.2) is 5.69 Å². The first-order valence-corrected chi connectivity index (χ1v) is 8.27. The van der Waals surface area contributed by atoms with Gasteiger partial charge in [-0.25, -0.2) is 4.79 Å². The summed E-state index contributed by atoms with van der Waals surface area (Å²) < 4.78 is 9.82. The minimum absolute atomic E-state index is 0.0709. The maximum absolute atomic E-state index is 11.7. The maximum atomic E-state index is 11.7. The highest BCUT2D eigenvalue weighted by Crippen LogP contribution is 2.36. The van der Waals surface area contributed by atoms with E-state index in [2.05, 4.69) is 16.1 Å². The van der Waals surface area contributed by atoms with Crippen molar-refractivity contribution in [1.29, 1.82) is 0 Å². The van der Waals surface area contributed by atoms with Crippen LogP contribution in [-0.4, -0.2) is 37.4 Å². The summed E-state index contributed by atoms with van der Waals surface area (Å²) in [6.07, 6.45) is 4.89. The third kappa shape index (κ3) is 4.29. The van der Waals surface area contributed by atoms with Crippen molar-refractivity contribution in [2.24, 2.45) is 0 Å². The Bertz CT molecular complexity index is 700. The molecule has 7 nitrogen and oxygen atoms in total. The number of nitro groups is 1. The molecule has 24 heavy (non-hydrogen) atoms. The number of ether oxygens (including phenoxy) is 2. The fourth-order valence-electron chi connectivity index (χ4n) is 2.25. The molecule has 0 aliphatic carbocycles. The van der Waals surface area contributed by atoms with Crippen molar-refractivity contribution in [3.05, 3.63) is 50.9 Å². The molecule has 0 saturated carbocycles. The SMILES string of the molecule is COC(=O)c1cc(OC)c(NCCC2=CCSC=C2)c([N+](=O)[O-])c1. The molecular formula is C16H18N2O5S. The van der Waals surface area contributed by atoms with Crippen LogP contribution in [0.2, 0.25) is 0 Å². The summed E-state index contributed by atoms with van der Waals surface area (Å²) in [4.78, 5) is 22.5. The first-order chi connectivity index (χ1) is 11.6. The van der Waals surface area contributed by atoms with Gasteiger partial charge in [-0.2, -0.15) is 0 Å². The van der Waals surface area contributed by atoms with E-state index in [1.807, 2.05) is 11.5 Å². The smallest absolute Gasteiger partial charge is 0.338 e. The highest BCUT2D eigenvalue weighted by atomic mass is 32.2. The molecule has 0 aromatic heterocycles. The molecule has 0 unspecified atom stereocenters.